The van der Waals surface area contributed by atoms with Crippen LogP contribution in [-0.2, 0) is 6.54 Å². The molecule has 0 amide bonds. The van der Waals surface area contributed by atoms with E-state index in [1.165, 1.54) is 0 Å². The minimum absolute atomic E-state index is 0.332. The number of hydroxylamine groups is 2. The average molecular weight is 206 g/mol. The summed E-state index contributed by atoms with van der Waals surface area (Å²) in [5.74, 6) is 0. The second-order valence-corrected chi connectivity index (χ2v) is 3.33. The first-order chi connectivity index (χ1) is 5.61. The van der Waals surface area contributed by atoms with Crippen LogP contribution in [-0.4, -0.2) is 17.3 Å². The van der Waals surface area contributed by atoms with Crippen molar-refractivity contribution in [2.45, 2.75) is 6.54 Å². The first-order valence-corrected chi connectivity index (χ1v) is 4.19. The summed E-state index contributed by atoms with van der Waals surface area (Å²) in [5.41, 5.74) is 0.742. The smallest absolute Gasteiger partial charge is 0.0515 e. The van der Waals surface area contributed by atoms with E-state index in [9.17, 15) is 0 Å². The second-order valence-electron chi connectivity index (χ2n) is 2.52. The minimum atomic E-state index is 0.332. The van der Waals surface area contributed by atoms with Crippen molar-refractivity contribution >= 4 is 23.2 Å². The Balaban J connectivity index is 2.96. The van der Waals surface area contributed by atoms with Crippen molar-refractivity contribution in [1.82, 2.24) is 5.06 Å². The first kappa shape index (κ1) is 9.81. The van der Waals surface area contributed by atoms with Crippen molar-refractivity contribution in [2.24, 2.45) is 0 Å². The van der Waals surface area contributed by atoms with Gasteiger partial charge < -0.3 is 5.21 Å². The molecule has 0 aliphatic heterocycles. The highest BCUT2D eigenvalue weighted by Gasteiger charge is 2.06. The van der Waals surface area contributed by atoms with E-state index in [0.717, 1.165) is 10.6 Å². The molecule has 0 aromatic heterocycles. The molecule has 1 aromatic carbocycles. The maximum absolute atomic E-state index is 8.97. The summed E-state index contributed by atoms with van der Waals surface area (Å²) in [5, 5.41) is 11.2. The van der Waals surface area contributed by atoms with E-state index in [-0.39, 0.29) is 0 Å². The van der Waals surface area contributed by atoms with Crippen LogP contribution in [0.5, 0.6) is 0 Å². The number of nitrogens with zero attached hydrogens (tertiary/aromatic N) is 1. The summed E-state index contributed by atoms with van der Waals surface area (Å²) >= 11 is 11.7. The molecule has 0 radical (unpaired) electrons. The van der Waals surface area contributed by atoms with E-state index in [0.29, 0.717) is 16.6 Å². The van der Waals surface area contributed by atoms with Gasteiger partial charge in [0, 0.05) is 22.7 Å². The summed E-state index contributed by atoms with van der Waals surface area (Å²) < 4.78 is 0. The van der Waals surface area contributed by atoms with Crippen molar-refractivity contribution in [2.75, 3.05) is 7.05 Å². The molecule has 0 fully saturated rings. The highest BCUT2D eigenvalue weighted by atomic mass is 35.5. The maximum Gasteiger partial charge on any atom is 0.0515 e. The summed E-state index contributed by atoms with van der Waals surface area (Å²) in [6.45, 7) is 0.332. The summed E-state index contributed by atoms with van der Waals surface area (Å²) in [6, 6.07) is 5.25. The molecular weight excluding hydrogens is 197 g/mol. The Morgan fingerprint density at radius 3 is 2.25 bits per heavy atom. The molecule has 0 atom stereocenters. The van der Waals surface area contributed by atoms with Gasteiger partial charge in [0.2, 0.25) is 0 Å². The van der Waals surface area contributed by atoms with Crippen LogP contribution in [0.3, 0.4) is 0 Å². The molecule has 66 valence electrons. The van der Waals surface area contributed by atoms with E-state index < -0.39 is 0 Å². The van der Waals surface area contributed by atoms with Gasteiger partial charge in [-0.2, -0.15) is 5.06 Å². The zero-order chi connectivity index (χ0) is 9.14. The molecule has 0 bridgehead atoms. The molecular formula is C8H9Cl2NO. The van der Waals surface area contributed by atoms with Gasteiger partial charge in [-0.05, 0) is 12.1 Å². The largest absolute Gasteiger partial charge is 0.314 e. The van der Waals surface area contributed by atoms with Crippen LogP contribution in [0, 0.1) is 0 Å². The molecule has 2 nitrogen and oxygen atoms in total. The lowest BCUT2D eigenvalue weighted by Crippen LogP contribution is -2.12. The second kappa shape index (κ2) is 4.10. The SMILES string of the molecule is CN(O)Cc1c(Cl)cccc1Cl. The Morgan fingerprint density at radius 2 is 1.83 bits per heavy atom. The molecule has 0 unspecified atom stereocenters. The fourth-order valence-corrected chi connectivity index (χ4v) is 1.43. The van der Waals surface area contributed by atoms with E-state index in [2.05, 4.69) is 0 Å². The van der Waals surface area contributed by atoms with Crippen LogP contribution < -0.4 is 0 Å². The van der Waals surface area contributed by atoms with E-state index >= 15 is 0 Å². The number of hydrogen-bond donors (Lipinski definition) is 1. The first-order valence-electron chi connectivity index (χ1n) is 3.44. The Bertz CT molecular complexity index is 256. The van der Waals surface area contributed by atoms with E-state index in [4.69, 9.17) is 28.4 Å². The number of benzene rings is 1. The molecule has 0 saturated heterocycles. The highest BCUT2D eigenvalue weighted by Crippen LogP contribution is 2.24. The van der Waals surface area contributed by atoms with E-state index in [1.807, 2.05) is 0 Å². The molecule has 12 heavy (non-hydrogen) atoms. The third-order valence-corrected chi connectivity index (χ3v) is 2.16. The number of rotatable bonds is 2. The zero-order valence-corrected chi connectivity index (χ0v) is 8.10. The fraction of sp³-hybridized carbons (Fsp3) is 0.250. The van der Waals surface area contributed by atoms with Crippen LogP contribution in [0.2, 0.25) is 10.0 Å². The van der Waals surface area contributed by atoms with Crippen LogP contribution in [0.4, 0.5) is 0 Å². The topological polar surface area (TPSA) is 23.5 Å². The van der Waals surface area contributed by atoms with Crippen molar-refractivity contribution in [3.63, 3.8) is 0 Å². The molecule has 0 spiro atoms. The Labute approximate surface area is 81.3 Å². The van der Waals surface area contributed by atoms with Crippen molar-refractivity contribution < 1.29 is 5.21 Å². The predicted octanol–water partition coefficient (Wildman–Crippen LogP) is 2.81. The lowest BCUT2D eigenvalue weighted by Gasteiger charge is -2.10. The van der Waals surface area contributed by atoms with Crippen LogP contribution >= 0.6 is 23.2 Å². The van der Waals surface area contributed by atoms with Gasteiger partial charge in [-0.25, -0.2) is 0 Å². The van der Waals surface area contributed by atoms with Crippen LogP contribution in [0.15, 0.2) is 18.2 Å². The van der Waals surface area contributed by atoms with Crippen molar-refractivity contribution in [3.8, 4) is 0 Å². The normalized spacial score (nSPS) is 10.8. The minimum Gasteiger partial charge on any atom is -0.314 e. The van der Waals surface area contributed by atoms with Crippen molar-refractivity contribution in [3.05, 3.63) is 33.8 Å². The van der Waals surface area contributed by atoms with Gasteiger partial charge in [0.1, 0.15) is 0 Å². The van der Waals surface area contributed by atoms with Crippen molar-refractivity contribution in [1.29, 1.82) is 0 Å². The molecule has 1 N–H and O–H groups in total. The summed E-state index contributed by atoms with van der Waals surface area (Å²) in [7, 11) is 1.54. The Morgan fingerprint density at radius 1 is 1.33 bits per heavy atom. The molecule has 1 rings (SSSR count). The Hall–Kier alpha value is -0.280. The van der Waals surface area contributed by atoms with Gasteiger partial charge >= 0.3 is 0 Å². The molecule has 1 aromatic rings. The predicted molar refractivity (Wildman–Crippen MR) is 49.7 cm³/mol. The standard InChI is InChI=1S/C8H9Cl2NO/c1-11(12)5-6-7(9)3-2-4-8(6)10/h2-4,12H,5H2,1H3. The lowest BCUT2D eigenvalue weighted by molar-refractivity contribution is -0.0731. The quantitative estimate of drug-likeness (QED) is 0.752. The van der Waals surface area contributed by atoms with Gasteiger partial charge in [0.05, 0.1) is 6.54 Å². The van der Waals surface area contributed by atoms with E-state index in [1.54, 1.807) is 25.2 Å². The maximum atomic E-state index is 8.97. The molecule has 0 heterocycles. The Kier molecular flexibility index (Phi) is 3.35. The fourth-order valence-electron chi connectivity index (χ4n) is 0.912. The summed E-state index contributed by atoms with van der Waals surface area (Å²) in [4.78, 5) is 0. The number of halogens is 2. The molecule has 0 aliphatic carbocycles. The molecule has 0 aliphatic rings. The molecule has 4 heteroatoms. The number of hydrogen-bond acceptors (Lipinski definition) is 2. The zero-order valence-electron chi connectivity index (χ0n) is 6.59. The lowest BCUT2D eigenvalue weighted by atomic mass is 10.2. The van der Waals surface area contributed by atoms with Gasteiger partial charge in [-0.1, -0.05) is 29.3 Å². The molecule has 0 saturated carbocycles. The van der Waals surface area contributed by atoms with Crippen LogP contribution in [0.1, 0.15) is 5.56 Å². The van der Waals surface area contributed by atoms with Gasteiger partial charge in [-0.15, -0.1) is 0 Å². The van der Waals surface area contributed by atoms with Gasteiger partial charge in [-0.3, -0.25) is 0 Å². The van der Waals surface area contributed by atoms with Gasteiger partial charge in [0.25, 0.3) is 0 Å². The van der Waals surface area contributed by atoms with Gasteiger partial charge in [0.15, 0.2) is 0 Å². The highest BCUT2D eigenvalue weighted by molar-refractivity contribution is 6.35. The monoisotopic (exact) mass is 205 g/mol. The average Bonchev–Trinajstić information content (AvgIpc) is 1.97. The van der Waals surface area contributed by atoms with Crippen LogP contribution in [0.25, 0.3) is 0 Å². The summed E-state index contributed by atoms with van der Waals surface area (Å²) in [6.07, 6.45) is 0. The third kappa shape index (κ3) is 2.35. The third-order valence-electron chi connectivity index (χ3n) is 1.45.